The van der Waals surface area contributed by atoms with Gasteiger partial charge in [0, 0.05) is 23.2 Å². The van der Waals surface area contributed by atoms with Crippen LogP contribution in [0.25, 0.3) is 0 Å². The summed E-state index contributed by atoms with van der Waals surface area (Å²) in [5.74, 6) is -1.72. The zero-order valence-electron chi connectivity index (χ0n) is 15.7. The number of phenols is 1. The number of phenolic OH excluding ortho intramolecular Hbond substituents is 1. The van der Waals surface area contributed by atoms with E-state index in [-0.39, 0.29) is 16.2 Å². The first-order valence-corrected chi connectivity index (χ1v) is 11.1. The number of anilines is 1. The Balaban J connectivity index is 1.57. The highest BCUT2D eigenvalue weighted by Gasteiger charge is 2.26. The number of morpholine rings is 1. The topological polar surface area (TPSA) is 122 Å². The number of hydrogen-bond donors (Lipinski definition) is 2. The summed E-state index contributed by atoms with van der Waals surface area (Å²) in [6.07, 6.45) is 0. The molecule has 0 saturated carbocycles. The van der Waals surface area contributed by atoms with E-state index in [1.54, 1.807) is 6.07 Å². The number of carbonyl (C=O) groups is 2. The summed E-state index contributed by atoms with van der Waals surface area (Å²) in [5, 5.41) is 12.2. The van der Waals surface area contributed by atoms with E-state index in [1.807, 2.05) is 0 Å². The summed E-state index contributed by atoms with van der Waals surface area (Å²) >= 11 is 3.18. The molecule has 1 aliphatic rings. The molecule has 0 aromatic heterocycles. The van der Waals surface area contributed by atoms with Gasteiger partial charge in [0.25, 0.3) is 5.91 Å². The number of rotatable bonds is 6. The summed E-state index contributed by atoms with van der Waals surface area (Å²) in [6.45, 7) is 0.714. The highest BCUT2D eigenvalue weighted by Crippen LogP contribution is 2.23. The molecule has 9 nitrogen and oxygen atoms in total. The number of amides is 1. The molecule has 2 N–H and O–H groups in total. The molecule has 30 heavy (non-hydrogen) atoms. The van der Waals surface area contributed by atoms with Crippen LogP contribution in [0.15, 0.2) is 51.8 Å². The summed E-state index contributed by atoms with van der Waals surface area (Å²) in [4.78, 5) is 24.2. The van der Waals surface area contributed by atoms with Crippen molar-refractivity contribution >= 4 is 43.5 Å². The molecule has 0 bridgehead atoms. The van der Waals surface area contributed by atoms with Crippen LogP contribution in [0.2, 0.25) is 0 Å². The zero-order chi connectivity index (χ0) is 21.7. The Morgan fingerprint density at radius 1 is 1.13 bits per heavy atom. The predicted molar refractivity (Wildman–Crippen MR) is 111 cm³/mol. The van der Waals surface area contributed by atoms with Crippen LogP contribution in [0, 0.1) is 0 Å². The number of hydrogen-bond acceptors (Lipinski definition) is 7. The number of esters is 1. The number of carbonyl (C=O) groups excluding carboxylic acids is 2. The number of nitrogens with one attached hydrogen (secondary N) is 1. The van der Waals surface area contributed by atoms with Gasteiger partial charge in [0.05, 0.1) is 18.1 Å². The lowest BCUT2D eigenvalue weighted by atomic mass is 10.2. The maximum Gasteiger partial charge on any atom is 0.342 e. The van der Waals surface area contributed by atoms with Gasteiger partial charge in [-0.3, -0.25) is 4.79 Å². The zero-order valence-corrected chi connectivity index (χ0v) is 18.1. The SMILES string of the molecule is O=C(COC(=O)c1cc(Br)ccc1O)Nc1ccc(S(=O)(=O)N2CCOCC2)cc1. The Morgan fingerprint density at radius 2 is 1.80 bits per heavy atom. The summed E-state index contributed by atoms with van der Waals surface area (Å²) < 4.78 is 37.2. The van der Waals surface area contributed by atoms with Gasteiger partial charge in [0.15, 0.2) is 6.61 Å². The molecule has 1 saturated heterocycles. The number of aromatic hydroxyl groups is 1. The van der Waals surface area contributed by atoms with E-state index in [2.05, 4.69) is 21.2 Å². The van der Waals surface area contributed by atoms with Crippen molar-refractivity contribution in [1.82, 2.24) is 4.31 Å². The van der Waals surface area contributed by atoms with Crippen molar-refractivity contribution < 1.29 is 32.6 Å². The third-order valence-corrected chi connectivity index (χ3v) is 6.66. The smallest absolute Gasteiger partial charge is 0.342 e. The second-order valence-corrected chi connectivity index (χ2v) is 9.18. The molecule has 2 aromatic rings. The molecule has 0 spiro atoms. The van der Waals surface area contributed by atoms with Gasteiger partial charge in [-0.05, 0) is 42.5 Å². The molecule has 11 heteroatoms. The number of benzene rings is 2. The average molecular weight is 499 g/mol. The first-order valence-electron chi connectivity index (χ1n) is 8.91. The van der Waals surface area contributed by atoms with E-state index in [9.17, 15) is 23.1 Å². The van der Waals surface area contributed by atoms with Crippen LogP contribution in [0.3, 0.4) is 0 Å². The molecular formula is C19H19BrN2O7S. The first-order chi connectivity index (χ1) is 14.3. The van der Waals surface area contributed by atoms with Crippen molar-refractivity contribution in [2.24, 2.45) is 0 Å². The van der Waals surface area contributed by atoms with Gasteiger partial charge in [0.2, 0.25) is 10.0 Å². The second-order valence-electron chi connectivity index (χ2n) is 6.33. The van der Waals surface area contributed by atoms with E-state index in [0.717, 1.165) is 0 Å². The normalized spacial score (nSPS) is 14.8. The van der Waals surface area contributed by atoms with E-state index in [1.165, 1.54) is 40.7 Å². The molecule has 1 aliphatic heterocycles. The maximum atomic E-state index is 12.6. The Hall–Kier alpha value is -2.47. The van der Waals surface area contributed by atoms with Crippen LogP contribution in [0.4, 0.5) is 5.69 Å². The number of nitrogens with zero attached hydrogens (tertiary/aromatic N) is 1. The second kappa shape index (κ2) is 9.56. The van der Waals surface area contributed by atoms with Crippen molar-refractivity contribution in [2.75, 3.05) is 38.2 Å². The van der Waals surface area contributed by atoms with Gasteiger partial charge < -0.3 is 19.9 Å². The van der Waals surface area contributed by atoms with E-state index in [4.69, 9.17) is 9.47 Å². The maximum absolute atomic E-state index is 12.6. The van der Waals surface area contributed by atoms with Crippen LogP contribution in [-0.2, 0) is 24.3 Å². The molecule has 160 valence electrons. The molecule has 0 radical (unpaired) electrons. The van der Waals surface area contributed by atoms with Crippen molar-refractivity contribution in [2.45, 2.75) is 4.90 Å². The standard InChI is InChI=1S/C19H19BrN2O7S/c20-13-1-6-17(23)16(11-13)19(25)29-12-18(24)21-14-2-4-15(5-3-14)30(26,27)22-7-9-28-10-8-22/h1-6,11,23H,7-10,12H2,(H,21,24). The number of ether oxygens (including phenoxy) is 2. The minimum atomic E-state index is -3.62. The summed E-state index contributed by atoms with van der Waals surface area (Å²) in [6, 6.07) is 9.95. The van der Waals surface area contributed by atoms with Crippen molar-refractivity contribution in [3.05, 3.63) is 52.5 Å². The van der Waals surface area contributed by atoms with E-state index < -0.39 is 28.5 Å². The van der Waals surface area contributed by atoms with Gasteiger partial charge >= 0.3 is 5.97 Å². The fraction of sp³-hybridized carbons (Fsp3) is 0.263. The highest BCUT2D eigenvalue weighted by molar-refractivity contribution is 9.10. The van der Waals surface area contributed by atoms with Crippen LogP contribution >= 0.6 is 15.9 Å². The van der Waals surface area contributed by atoms with Gasteiger partial charge in [-0.15, -0.1) is 0 Å². The monoisotopic (exact) mass is 498 g/mol. The van der Waals surface area contributed by atoms with Crippen molar-refractivity contribution in [3.63, 3.8) is 0 Å². The number of halogens is 1. The molecule has 0 aliphatic carbocycles. The van der Waals surface area contributed by atoms with E-state index >= 15 is 0 Å². The van der Waals surface area contributed by atoms with Gasteiger partial charge in [0.1, 0.15) is 11.3 Å². The van der Waals surface area contributed by atoms with Crippen LogP contribution in [0.1, 0.15) is 10.4 Å². The molecule has 1 heterocycles. The van der Waals surface area contributed by atoms with Gasteiger partial charge in [-0.25, -0.2) is 13.2 Å². The Morgan fingerprint density at radius 3 is 2.47 bits per heavy atom. The van der Waals surface area contributed by atoms with E-state index in [0.29, 0.717) is 36.5 Å². The fourth-order valence-corrected chi connectivity index (χ4v) is 4.49. The Bertz CT molecular complexity index is 1040. The van der Waals surface area contributed by atoms with Crippen LogP contribution < -0.4 is 5.32 Å². The number of sulfonamides is 1. The highest BCUT2D eigenvalue weighted by atomic mass is 79.9. The minimum absolute atomic E-state index is 0.0742. The first kappa shape index (κ1) is 22.2. The lowest BCUT2D eigenvalue weighted by Gasteiger charge is -2.26. The third kappa shape index (κ3) is 5.36. The van der Waals surface area contributed by atoms with Crippen LogP contribution in [0.5, 0.6) is 5.75 Å². The summed E-state index contributed by atoms with van der Waals surface area (Å²) in [7, 11) is -3.62. The lowest BCUT2D eigenvalue weighted by molar-refractivity contribution is -0.119. The molecule has 3 rings (SSSR count). The minimum Gasteiger partial charge on any atom is -0.507 e. The predicted octanol–water partition coefficient (Wildman–Crippen LogP) is 1.97. The largest absolute Gasteiger partial charge is 0.507 e. The molecule has 0 atom stereocenters. The van der Waals surface area contributed by atoms with Crippen molar-refractivity contribution in [1.29, 1.82) is 0 Å². The summed E-state index contributed by atoms with van der Waals surface area (Å²) in [5.41, 5.74) is 0.275. The molecule has 0 unspecified atom stereocenters. The van der Waals surface area contributed by atoms with Gasteiger partial charge in [-0.1, -0.05) is 15.9 Å². The Labute approximate surface area is 181 Å². The van der Waals surface area contributed by atoms with Gasteiger partial charge in [-0.2, -0.15) is 4.31 Å². The van der Waals surface area contributed by atoms with Crippen LogP contribution in [-0.4, -0.2) is 62.6 Å². The molecule has 1 fully saturated rings. The fourth-order valence-electron chi connectivity index (χ4n) is 2.72. The quantitative estimate of drug-likeness (QED) is 0.583. The lowest BCUT2D eigenvalue weighted by Crippen LogP contribution is -2.40. The molecule has 2 aromatic carbocycles. The van der Waals surface area contributed by atoms with Crippen molar-refractivity contribution in [3.8, 4) is 5.75 Å². The molecular weight excluding hydrogens is 480 g/mol. The molecule has 1 amide bonds. The average Bonchev–Trinajstić information content (AvgIpc) is 2.75. The third-order valence-electron chi connectivity index (χ3n) is 4.26. The Kier molecular flexibility index (Phi) is 7.08.